The van der Waals surface area contributed by atoms with Crippen LogP contribution in [0.4, 0.5) is 11.6 Å². The number of halogens is 1. The van der Waals surface area contributed by atoms with Gasteiger partial charge >= 0.3 is 0 Å². The second kappa shape index (κ2) is 9.64. The molecule has 2 N–H and O–H groups in total. The van der Waals surface area contributed by atoms with Crippen LogP contribution in [0.1, 0.15) is 41.7 Å². The van der Waals surface area contributed by atoms with Gasteiger partial charge in [0.25, 0.3) is 21.8 Å². The summed E-state index contributed by atoms with van der Waals surface area (Å²) in [7, 11) is -2.82. The molecule has 0 aliphatic heterocycles. The monoisotopic (exact) mass is 511 g/mol. The van der Waals surface area contributed by atoms with E-state index >= 15 is 0 Å². The number of sulfonamides is 1. The molecule has 0 fully saturated rings. The van der Waals surface area contributed by atoms with Crippen LogP contribution in [-0.2, 0) is 14.8 Å². The normalized spacial score (nSPS) is 11.5. The molecule has 1 aromatic carbocycles. The number of aromatic nitrogens is 1. The van der Waals surface area contributed by atoms with Gasteiger partial charge in [-0.05, 0) is 51.0 Å². The van der Waals surface area contributed by atoms with Crippen molar-refractivity contribution in [1.29, 1.82) is 0 Å². The molecule has 0 aliphatic carbocycles. The van der Waals surface area contributed by atoms with Crippen LogP contribution < -0.4 is 10.0 Å². The molecule has 0 unspecified atom stereocenters. The van der Waals surface area contributed by atoms with Crippen molar-refractivity contribution in [3.63, 3.8) is 0 Å². The summed E-state index contributed by atoms with van der Waals surface area (Å²) < 4.78 is 38.2. The molecule has 176 valence electrons. The van der Waals surface area contributed by atoms with Crippen molar-refractivity contribution in [2.45, 2.75) is 32.6 Å². The van der Waals surface area contributed by atoms with Crippen molar-refractivity contribution < 1.29 is 27.3 Å². The van der Waals surface area contributed by atoms with Gasteiger partial charge in [0.05, 0.1) is 5.69 Å². The van der Waals surface area contributed by atoms with Crippen LogP contribution in [0.2, 0.25) is 5.02 Å². The molecule has 2 heterocycles. The number of aryl methyl sites for hydroxylation is 4. The molecule has 0 radical (unpaired) electrons. The first-order valence-electron chi connectivity index (χ1n) is 9.64. The Morgan fingerprint density at radius 2 is 1.88 bits per heavy atom. The van der Waals surface area contributed by atoms with Crippen molar-refractivity contribution in [3.8, 4) is 0 Å². The Morgan fingerprint density at radius 3 is 2.48 bits per heavy atom. The van der Waals surface area contributed by atoms with Crippen molar-refractivity contribution in [3.05, 3.63) is 55.4 Å². The maximum atomic E-state index is 13.2. The van der Waals surface area contributed by atoms with Crippen LogP contribution in [0.3, 0.4) is 0 Å². The van der Waals surface area contributed by atoms with Crippen molar-refractivity contribution in [1.82, 2.24) is 5.16 Å². The molecule has 2 aromatic heterocycles. The van der Waals surface area contributed by atoms with Gasteiger partial charge in [-0.2, -0.15) is 0 Å². The molecule has 0 atom stereocenters. The minimum Gasteiger partial charge on any atom is -0.377 e. The summed E-state index contributed by atoms with van der Waals surface area (Å²) in [6.45, 7) is 6.65. The van der Waals surface area contributed by atoms with Gasteiger partial charge in [0.1, 0.15) is 27.1 Å². The highest BCUT2D eigenvalue weighted by molar-refractivity contribution is 7.93. The Balaban J connectivity index is 1.99. The van der Waals surface area contributed by atoms with Gasteiger partial charge in [-0.15, -0.1) is 11.3 Å². The maximum Gasteiger partial charge on any atom is 0.267 e. The average molecular weight is 512 g/mol. The highest BCUT2D eigenvalue weighted by atomic mass is 35.5. The van der Waals surface area contributed by atoms with Gasteiger partial charge in [0.15, 0.2) is 5.78 Å². The second-order valence-electron chi connectivity index (χ2n) is 7.38. The molecule has 0 saturated carbocycles. The fourth-order valence-corrected chi connectivity index (χ4v) is 5.85. The molecule has 0 spiro atoms. The molecular formula is C21H22ClN3O6S2. The van der Waals surface area contributed by atoms with Crippen molar-refractivity contribution in [2.75, 3.05) is 23.8 Å². The quantitative estimate of drug-likeness (QED) is 0.426. The number of hydrogen-bond donors (Lipinski definition) is 2. The number of nitrogens with zero attached hydrogens (tertiary/aromatic N) is 1. The lowest BCUT2D eigenvalue weighted by Gasteiger charge is -2.15. The fraction of sp³-hybridized carbons (Fsp3) is 0.286. The third kappa shape index (κ3) is 5.27. The third-order valence-corrected chi connectivity index (χ3v) is 7.61. The molecule has 1 amide bonds. The van der Waals surface area contributed by atoms with E-state index < -0.39 is 15.9 Å². The number of amides is 1. The number of nitrogens with one attached hydrogen (secondary N) is 2. The molecule has 12 heteroatoms. The lowest BCUT2D eigenvalue weighted by Crippen LogP contribution is -2.20. The van der Waals surface area contributed by atoms with Gasteiger partial charge in [-0.1, -0.05) is 22.8 Å². The fourth-order valence-electron chi connectivity index (χ4n) is 3.18. The zero-order valence-electron chi connectivity index (χ0n) is 18.5. The predicted octanol–water partition coefficient (Wildman–Crippen LogP) is 4.51. The van der Waals surface area contributed by atoms with Crippen LogP contribution in [0.25, 0.3) is 0 Å². The summed E-state index contributed by atoms with van der Waals surface area (Å²) in [6.07, 6.45) is 0. The van der Waals surface area contributed by atoms with Crippen molar-refractivity contribution in [2.24, 2.45) is 0 Å². The van der Waals surface area contributed by atoms with E-state index in [4.69, 9.17) is 20.9 Å². The van der Waals surface area contributed by atoms with E-state index in [9.17, 15) is 18.0 Å². The number of carbonyl (C=O) groups is 2. The molecule has 0 aliphatic rings. The number of thiophene rings is 1. The lowest BCUT2D eigenvalue weighted by atomic mass is 10.0. The summed E-state index contributed by atoms with van der Waals surface area (Å²) >= 11 is 7.02. The number of rotatable bonds is 8. The summed E-state index contributed by atoms with van der Waals surface area (Å²) in [5.74, 6) is -1.23. The highest BCUT2D eigenvalue weighted by Gasteiger charge is 2.29. The van der Waals surface area contributed by atoms with E-state index in [0.717, 1.165) is 16.9 Å². The van der Waals surface area contributed by atoms with Crippen LogP contribution in [0.15, 0.2) is 27.6 Å². The zero-order valence-corrected chi connectivity index (χ0v) is 20.9. The number of Topliss-reactive ketones (excluding diaryl/α,β-unsaturated/α-hetero) is 1. The van der Waals surface area contributed by atoms with Crippen LogP contribution >= 0.6 is 22.9 Å². The Hall–Kier alpha value is -2.73. The number of carbonyl (C=O) groups excluding carboxylic acids is 2. The first-order chi connectivity index (χ1) is 15.4. The van der Waals surface area contributed by atoms with E-state index in [1.165, 1.54) is 13.2 Å². The number of ether oxygens (including phenoxy) is 1. The molecular weight excluding hydrogens is 490 g/mol. The van der Waals surface area contributed by atoms with Gasteiger partial charge in [-0.3, -0.25) is 9.59 Å². The van der Waals surface area contributed by atoms with Gasteiger partial charge in [0, 0.05) is 17.6 Å². The van der Waals surface area contributed by atoms with E-state index in [2.05, 4.69) is 15.2 Å². The molecule has 33 heavy (non-hydrogen) atoms. The molecule has 3 aromatic rings. The Morgan fingerprint density at radius 1 is 1.18 bits per heavy atom. The Bertz CT molecular complexity index is 1340. The molecule has 0 bridgehead atoms. The number of hydrogen-bond acceptors (Lipinski definition) is 8. The summed E-state index contributed by atoms with van der Waals surface area (Å²) in [6, 6.07) is 4.83. The van der Waals surface area contributed by atoms with E-state index in [0.29, 0.717) is 21.8 Å². The maximum absolute atomic E-state index is 13.2. The topological polar surface area (TPSA) is 128 Å². The minimum absolute atomic E-state index is 0.0214. The van der Waals surface area contributed by atoms with E-state index in [1.54, 1.807) is 26.8 Å². The molecule has 3 rings (SSSR count). The third-order valence-electron chi connectivity index (χ3n) is 4.63. The smallest absolute Gasteiger partial charge is 0.267 e. The Labute approximate surface area is 200 Å². The van der Waals surface area contributed by atoms with Crippen LogP contribution in [-0.4, -0.2) is 39.0 Å². The van der Waals surface area contributed by atoms with Crippen LogP contribution in [0.5, 0.6) is 0 Å². The summed E-state index contributed by atoms with van der Waals surface area (Å²) in [5, 5.41) is 6.35. The predicted molar refractivity (Wildman–Crippen MR) is 126 cm³/mol. The average Bonchev–Trinajstić information content (AvgIpc) is 3.27. The number of ketones is 1. The Kier molecular flexibility index (Phi) is 7.27. The van der Waals surface area contributed by atoms with Gasteiger partial charge < -0.3 is 14.6 Å². The molecule has 0 saturated heterocycles. The van der Waals surface area contributed by atoms with E-state index in [-0.39, 0.29) is 38.6 Å². The number of anilines is 2. The second-order valence-corrected chi connectivity index (χ2v) is 10.7. The van der Waals surface area contributed by atoms with Crippen molar-refractivity contribution >= 4 is 56.2 Å². The first-order valence-corrected chi connectivity index (χ1v) is 12.3. The summed E-state index contributed by atoms with van der Waals surface area (Å²) in [5.41, 5.74) is 2.38. The standard InChI is InChI=1S/C21H22ClN3O6S2/c1-10-6-11(2)18(14(7-10)15(26)9-30-5)23-20(27)19-16(8-12(3)32-19)33(28,29)25-21-17(22)13(4)24-31-21/h6-8,25H,9H2,1-5H3,(H,23,27). The van der Waals surface area contributed by atoms with E-state index in [1.807, 2.05) is 13.0 Å². The number of benzene rings is 1. The van der Waals surface area contributed by atoms with Gasteiger partial charge in [-0.25, -0.2) is 13.1 Å². The number of methoxy groups -OCH3 is 1. The first kappa shape index (κ1) is 24.9. The largest absolute Gasteiger partial charge is 0.377 e. The SMILES string of the molecule is COCC(=O)c1cc(C)cc(C)c1NC(=O)c1sc(C)cc1S(=O)(=O)Nc1onc(C)c1Cl. The highest BCUT2D eigenvalue weighted by Crippen LogP contribution is 2.32. The zero-order chi connectivity index (χ0) is 24.5. The summed E-state index contributed by atoms with van der Waals surface area (Å²) in [4.78, 5) is 26.0. The molecule has 9 nitrogen and oxygen atoms in total. The van der Waals surface area contributed by atoms with Crippen LogP contribution in [0, 0.1) is 27.7 Å². The minimum atomic E-state index is -4.23. The van der Waals surface area contributed by atoms with Gasteiger partial charge in [0.2, 0.25) is 0 Å². The lowest BCUT2D eigenvalue weighted by molar-refractivity contribution is 0.0848.